The minimum atomic E-state index is -0.118. The summed E-state index contributed by atoms with van der Waals surface area (Å²) in [6.07, 6.45) is 2.64. The molecule has 1 aromatic rings. The van der Waals surface area contributed by atoms with Gasteiger partial charge in [-0.3, -0.25) is 4.79 Å². The second-order valence-corrected chi connectivity index (χ2v) is 3.87. The summed E-state index contributed by atoms with van der Waals surface area (Å²) in [4.78, 5) is 15.0. The molecule has 0 saturated heterocycles. The Kier molecular flexibility index (Phi) is 4.58. The van der Waals surface area contributed by atoms with E-state index in [2.05, 4.69) is 35.9 Å². The highest BCUT2D eigenvalue weighted by atomic mass is 79.9. The van der Waals surface area contributed by atoms with Crippen LogP contribution in [-0.2, 0) is 11.2 Å². The van der Waals surface area contributed by atoms with Crippen LogP contribution in [0.15, 0.2) is 10.9 Å². The molecule has 1 rings (SSSR count). The standard InChI is InChI=1S/C8H12BrN3O2/c1-2-6(9)8(13)10-4-3-7-11-5-14-12-7/h5-6H,2-4H2,1H3,(H,10,13). The maximum atomic E-state index is 11.3. The molecule has 0 fully saturated rings. The summed E-state index contributed by atoms with van der Waals surface area (Å²) >= 11 is 3.26. The average Bonchev–Trinajstić information content (AvgIpc) is 2.69. The number of nitrogens with one attached hydrogen (secondary N) is 1. The number of hydrogen-bond acceptors (Lipinski definition) is 4. The van der Waals surface area contributed by atoms with Crippen LogP contribution < -0.4 is 5.32 Å². The third-order valence-electron chi connectivity index (χ3n) is 1.70. The number of aromatic nitrogens is 2. The van der Waals surface area contributed by atoms with E-state index in [0.717, 1.165) is 6.42 Å². The molecule has 6 heteroatoms. The van der Waals surface area contributed by atoms with E-state index in [9.17, 15) is 4.79 Å². The number of hydrogen-bond donors (Lipinski definition) is 1. The number of carbonyl (C=O) groups is 1. The Morgan fingerprint density at radius 3 is 3.14 bits per heavy atom. The highest BCUT2D eigenvalue weighted by Crippen LogP contribution is 2.03. The van der Waals surface area contributed by atoms with E-state index in [1.54, 1.807) is 0 Å². The Balaban J connectivity index is 2.18. The molecule has 0 saturated carbocycles. The molecule has 5 nitrogen and oxygen atoms in total. The predicted molar refractivity (Wildman–Crippen MR) is 54.0 cm³/mol. The van der Waals surface area contributed by atoms with Crippen LogP contribution in [0.1, 0.15) is 19.2 Å². The van der Waals surface area contributed by atoms with Crippen molar-refractivity contribution in [3.05, 3.63) is 12.2 Å². The van der Waals surface area contributed by atoms with E-state index < -0.39 is 0 Å². The Labute approximate surface area is 90.4 Å². The molecule has 14 heavy (non-hydrogen) atoms. The van der Waals surface area contributed by atoms with Gasteiger partial charge in [-0.25, -0.2) is 0 Å². The van der Waals surface area contributed by atoms with Crippen LogP contribution in [0.3, 0.4) is 0 Å². The van der Waals surface area contributed by atoms with Crippen LogP contribution in [0, 0.1) is 0 Å². The lowest BCUT2D eigenvalue weighted by atomic mass is 10.3. The van der Waals surface area contributed by atoms with Crippen LogP contribution >= 0.6 is 15.9 Å². The number of nitrogens with zero attached hydrogens (tertiary/aromatic N) is 2. The Morgan fingerprint density at radius 1 is 1.79 bits per heavy atom. The summed E-state index contributed by atoms with van der Waals surface area (Å²) < 4.78 is 4.56. The van der Waals surface area contributed by atoms with Crippen molar-refractivity contribution in [1.29, 1.82) is 0 Å². The van der Waals surface area contributed by atoms with E-state index in [0.29, 0.717) is 18.8 Å². The molecule has 1 unspecified atom stereocenters. The molecule has 1 N–H and O–H groups in total. The summed E-state index contributed by atoms with van der Waals surface area (Å²) in [6.45, 7) is 2.47. The Bertz CT molecular complexity index is 276. The number of carbonyl (C=O) groups excluding carboxylic acids is 1. The van der Waals surface area contributed by atoms with E-state index in [1.807, 2.05) is 6.92 Å². The van der Waals surface area contributed by atoms with Gasteiger partial charge in [0.25, 0.3) is 0 Å². The minimum absolute atomic E-state index is 0.00371. The van der Waals surface area contributed by atoms with Crippen molar-refractivity contribution >= 4 is 21.8 Å². The lowest BCUT2D eigenvalue weighted by Crippen LogP contribution is -2.32. The van der Waals surface area contributed by atoms with Crippen molar-refractivity contribution in [2.24, 2.45) is 0 Å². The van der Waals surface area contributed by atoms with Gasteiger partial charge >= 0.3 is 0 Å². The maximum Gasteiger partial charge on any atom is 0.233 e. The molecule has 0 bridgehead atoms. The van der Waals surface area contributed by atoms with Crippen LogP contribution in [0.2, 0.25) is 0 Å². The van der Waals surface area contributed by atoms with Gasteiger partial charge in [0.2, 0.25) is 12.3 Å². The van der Waals surface area contributed by atoms with Crippen LogP contribution in [-0.4, -0.2) is 27.4 Å². The molecule has 1 atom stereocenters. The summed E-state index contributed by atoms with van der Waals surface area (Å²) in [6, 6.07) is 0. The van der Waals surface area contributed by atoms with Gasteiger partial charge < -0.3 is 9.84 Å². The number of alkyl halides is 1. The van der Waals surface area contributed by atoms with Gasteiger partial charge in [0.15, 0.2) is 5.82 Å². The number of amides is 1. The van der Waals surface area contributed by atoms with Crippen molar-refractivity contribution in [2.45, 2.75) is 24.6 Å². The van der Waals surface area contributed by atoms with Crippen LogP contribution in [0.25, 0.3) is 0 Å². The SMILES string of the molecule is CCC(Br)C(=O)NCCc1ncon1. The first-order valence-electron chi connectivity index (χ1n) is 4.41. The normalized spacial score (nSPS) is 12.4. The Morgan fingerprint density at radius 2 is 2.57 bits per heavy atom. The molecule has 78 valence electrons. The molecule has 1 aromatic heterocycles. The zero-order valence-corrected chi connectivity index (χ0v) is 9.45. The fraction of sp³-hybridized carbons (Fsp3) is 0.625. The molecule has 0 aliphatic heterocycles. The minimum Gasteiger partial charge on any atom is -0.355 e. The second kappa shape index (κ2) is 5.74. The smallest absolute Gasteiger partial charge is 0.233 e. The lowest BCUT2D eigenvalue weighted by Gasteiger charge is -2.06. The average molecular weight is 262 g/mol. The number of halogens is 1. The first-order chi connectivity index (χ1) is 6.74. The molecule has 1 heterocycles. The van der Waals surface area contributed by atoms with Crippen LogP contribution in [0.5, 0.6) is 0 Å². The largest absolute Gasteiger partial charge is 0.355 e. The first kappa shape index (κ1) is 11.2. The van der Waals surface area contributed by atoms with Gasteiger partial charge in [0, 0.05) is 13.0 Å². The molecular weight excluding hydrogens is 250 g/mol. The van der Waals surface area contributed by atoms with Gasteiger partial charge in [-0.1, -0.05) is 28.0 Å². The molecular formula is C8H12BrN3O2. The first-order valence-corrected chi connectivity index (χ1v) is 5.32. The summed E-state index contributed by atoms with van der Waals surface area (Å²) in [5.74, 6) is 0.601. The fourth-order valence-electron chi connectivity index (χ4n) is 0.896. The van der Waals surface area contributed by atoms with Crippen molar-refractivity contribution in [2.75, 3.05) is 6.54 Å². The maximum absolute atomic E-state index is 11.3. The zero-order valence-electron chi connectivity index (χ0n) is 7.86. The molecule has 0 radical (unpaired) electrons. The van der Waals surface area contributed by atoms with Gasteiger partial charge in [0.1, 0.15) is 0 Å². The third-order valence-corrected chi connectivity index (χ3v) is 2.76. The highest BCUT2D eigenvalue weighted by molar-refractivity contribution is 9.10. The van der Waals surface area contributed by atoms with Crippen LogP contribution in [0.4, 0.5) is 0 Å². The topological polar surface area (TPSA) is 68.0 Å². The monoisotopic (exact) mass is 261 g/mol. The van der Waals surface area contributed by atoms with E-state index in [4.69, 9.17) is 0 Å². The third kappa shape index (κ3) is 3.45. The van der Waals surface area contributed by atoms with Gasteiger partial charge in [0.05, 0.1) is 4.83 Å². The Hall–Kier alpha value is -0.910. The summed E-state index contributed by atoms with van der Waals surface area (Å²) in [5.41, 5.74) is 0. The van der Waals surface area contributed by atoms with E-state index >= 15 is 0 Å². The molecule has 1 amide bonds. The molecule has 0 aliphatic carbocycles. The van der Waals surface area contributed by atoms with E-state index in [1.165, 1.54) is 6.39 Å². The zero-order chi connectivity index (χ0) is 10.4. The van der Waals surface area contributed by atoms with Crippen molar-refractivity contribution in [1.82, 2.24) is 15.5 Å². The lowest BCUT2D eigenvalue weighted by molar-refractivity contribution is -0.120. The van der Waals surface area contributed by atoms with Gasteiger partial charge in [-0.15, -0.1) is 0 Å². The summed E-state index contributed by atoms with van der Waals surface area (Å²) in [7, 11) is 0. The quantitative estimate of drug-likeness (QED) is 0.800. The van der Waals surface area contributed by atoms with E-state index in [-0.39, 0.29) is 10.7 Å². The molecule has 0 spiro atoms. The molecule has 0 aliphatic rings. The van der Waals surface area contributed by atoms with Crippen molar-refractivity contribution < 1.29 is 9.32 Å². The predicted octanol–water partition coefficient (Wildman–Crippen LogP) is 0.902. The summed E-state index contributed by atoms with van der Waals surface area (Å²) in [5, 5.41) is 6.39. The van der Waals surface area contributed by atoms with Crippen molar-refractivity contribution in [3.8, 4) is 0 Å². The fourth-order valence-corrected chi connectivity index (χ4v) is 1.06. The molecule has 0 aromatic carbocycles. The second-order valence-electron chi connectivity index (χ2n) is 2.76. The van der Waals surface area contributed by atoms with Gasteiger partial charge in [-0.2, -0.15) is 4.98 Å². The number of rotatable bonds is 5. The highest BCUT2D eigenvalue weighted by Gasteiger charge is 2.11. The van der Waals surface area contributed by atoms with Crippen molar-refractivity contribution in [3.63, 3.8) is 0 Å². The van der Waals surface area contributed by atoms with Gasteiger partial charge in [-0.05, 0) is 6.42 Å².